The SMILES string of the molecule is Br.Br.NC(=Nc1ccc2c(c1)C(N)CCC2)c1cccs1. The lowest BCUT2D eigenvalue weighted by Gasteiger charge is -2.22. The minimum Gasteiger partial charge on any atom is -0.383 e. The lowest BCUT2D eigenvalue weighted by atomic mass is 9.88. The first-order chi connectivity index (χ1) is 9.24. The molecule has 0 saturated carbocycles. The third-order valence-electron chi connectivity index (χ3n) is 3.51. The van der Waals surface area contributed by atoms with Gasteiger partial charge in [-0.25, -0.2) is 4.99 Å². The van der Waals surface area contributed by atoms with E-state index in [1.807, 2.05) is 23.6 Å². The third-order valence-corrected chi connectivity index (χ3v) is 4.41. The van der Waals surface area contributed by atoms with Crippen molar-refractivity contribution in [2.24, 2.45) is 16.5 Å². The Morgan fingerprint density at radius 3 is 2.76 bits per heavy atom. The zero-order valence-corrected chi connectivity index (χ0v) is 15.7. The fourth-order valence-corrected chi connectivity index (χ4v) is 3.14. The number of aliphatic imine (C=N–C) groups is 1. The molecule has 0 bridgehead atoms. The molecule has 2 aromatic rings. The van der Waals surface area contributed by atoms with E-state index in [2.05, 4.69) is 17.1 Å². The maximum atomic E-state index is 6.16. The van der Waals surface area contributed by atoms with Gasteiger partial charge in [-0.2, -0.15) is 0 Å². The van der Waals surface area contributed by atoms with Crippen molar-refractivity contribution in [1.82, 2.24) is 0 Å². The van der Waals surface area contributed by atoms with Gasteiger partial charge in [0.05, 0.1) is 10.6 Å². The smallest absolute Gasteiger partial charge is 0.141 e. The molecule has 1 aliphatic carbocycles. The summed E-state index contributed by atoms with van der Waals surface area (Å²) in [6.45, 7) is 0. The van der Waals surface area contributed by atoms with Crippen molar-refractivity contribution in [2.75, 3.05) is 0 Å². The normalized spacial score (nSPS) is 17.4. The molecule has 1 aliphatic rings. The number of hydrogen-bond acceptors (Lipinski definition) is 3. The quantitative estimate of drug-likeness (QED) is 0.549. The molecular formula is C15H19Br2N3S. The lowest BCUT2D eigenvalue weighted by Crippen LogP contribution is -2.17. The van der Waals surface area contributed by atoms with Crippen LogP contribution in [0, 0.1) is 0 Å². The molecule has 0 radical (unpaired) electrons. The Bertz CT molecular complexity index is 611. The Morgan fingerprint density at radius 1 is 1.24 bits per heavy atom. The molecule has 3 rings (SSSR count). The van der Waals surface area contributed by atoms with Crippen molar-refractivity contribution in [3.8, 4) is 0 Å². The van der Waals surface area contributed by atoms with Gasteiger partial charge in [0, 0.05) is 6.04 Å². The Hall–Kier alpha value is -0.690. The first-order valence-electron chi connectivity index (χ1n) is 6.50. The minimum atomic E-state index is 0. The van der Waals surface area contributed by atoms with Crippen LogP contribution in [0.25, 0.3) is 0 Å². The van der Waals surface area contributed by atoms with Crippen molar-refractivity contribution in [3.63, 3.8) is 0 Å². The number of fused-ring (bicyclic) bond motifs is 1. The maximum Gasteiger partial charge on any atom is 0.141 e. The fourth-order valence-electron chi connectivity index (χ4n) is 2.51. The fraction of sp³-hybridized carbons (Fsp3) is 0.267. The van der Waals surface area contributed by atoms with Crippen molar-refractivity contribution < 1.29 is 0 Å². The van der Waals surface area contributed by atoms with Gasteiger partial charge >= 0.3 is 0 Å². The standard InChI is InChI=1S/C15H17N3S.2BrH/c16-13-4-1-3-10-6-7-11(9-12(10)13)18-15(17)14-5-2-8-19-14;;/h2,5-9,13H,1,3-4,16H2,(H2,17,18);2*1H. The highest BCUT2D eigenvalue weighted by atomic mass is 79.9. The summed E-state index contributed by atoms with van der Waals surface area (Å²) in [5.41, 5.74) is 15.6. The number of halogens is 2. The van der Waals surface area contributed by atoms with E-state index >= 15 is 0 Å². The molecule has 1 heterocycles. The Kier molecular flexibility index (Phi) is 7.06. The second kappa shape index (κ2) is 8.08. The topological polar surface area (TPSA) is 64.4 Å². The maximum absolute atomic E-state index is 6.16. The number of benzene rings is 1. The highest BCUT2D eigenvalue weighted by Gasteiger charge is 2.16. The molecule has 1 unspecified atom stereocenters. The summed E-state index contributed by atoms with van der Waals surface area (Å²) in [6, 6.07) is 10.3. The van der Waals surface area contributed by atoms with Crippen molar-refractivity contribution in [3.05, 3.63) is 51.7 Å². The summed E-state index contributed by atoms with van der Waals surface area (Å²) in [4.78, 5) is 5.50. The first-order valence-corrected chi connectivity index (χ1v) is 7.38. The molecule has 6 heteroatoms. The molecule has 0 aliphatic heterocycles. The predicted molar refractivity (Wildman–Crippen MR) is 102 cm³/mol. The van der Waals surface area contributed by atoms with Gasteiger partial charge in [0.15, 0.2) is 0 Å². The Morgan fingerprint density at radius 2 is 2.05 bits per heavy atom. The van der Waals surface area contributed by atoms with E-state index in [1.165, 1.54) is 17.5 Å². The molecule has 1 atom stereocenters. The third kappa shape index (κ3) is 4.16. The highest BCUT2D eigenvalue weighted by Crippen LogP contribution is 2.31. The van der Waals surface area contributed by atoms with E-state index < -0.39 is 0 Å². The molecule has 3 nitrogen and oxygen atoms in total. The Labute approximate surface area is 150 Å². The second-order valence-electron chi connectivity index (χ2n) is 4.86. The monoisotopic (exact) mass is 431 g/mol. The molecule has 114 valence electrons. The van der Waals surface area contributed by atoms with Crippen LogP contribution in [0.1, 0.15) is 34.9 Å². The van der Waals surface area contributed by atoms with Gasteiger partial charge in [0.1, 0.15) is 5.84 Å². The van der Waals surface area contributed by atoms with E-state index in [-0.39, 0.29) is 40.0 Å². The number of amidine groups is 1. The second-order valence-corrected chi connectivity index (χ2v) is 5.80. The summed E-state index contributed by atoms with van der Waals surface area (Å²) in [5, 5.41) is 2.00. The number of nitrogens with two attached hydrogens (primary N) is 2. The van der Waals surface area contributed by atoms with Crippen LogP contribution in [-0.2, 0) is 6.42 Å². The Balaban J connectivity index is 0.00000110. The highest BCUT2D eigenvalue weighted by molar-refractivity contribution is 8.93. The van der Waals surface area contributed by atoms with Crippen LogP contribution >= 0.6 is 45.3 Å². The van der Waals surface area contributed by atoms with Crippen LogP contribution in [0.4, 0.5) is 5.69 Å². The molecule has 0 fully saturated rings. The van der Waals surface area contributed by atoms with Crippen LogP contribution in [0.3, 0.4) is 0 Å². The molecule has 0 amide bonds. The molecule has 0 saturated heterocycles. The average molecular weight is 433 g/mol. The largest absolute Gasteiger partial charge is 0.383 e. The number of hydrogen-bond donors (Lipinski definition) is 2. The van der Waals surface area contributed by atoms with E-state index in [0.29, 0.717) is 5.84 Å². The van der Waals surface area contributed by atoms with Gasteiger partial charge in [0.25, 0.3) is 0 Å². The minimum absolute atomic E-state index is 0. The lowest BCUT2D eigenvalue weighted by molar-refractivity contribution is 0.570. The molecule has 1 aromatic carbocycles. The van der Waals surface area contributed by atoms with E-state index in [9.17, 15) is 0 Å². The first kappa shape index (κ1) is 18.4. The van der Waals surface area contributed by atoms with Crippen LogP contribution in [0.5, 0.6) is 0 Å². The van der Waals surface area contributed by atoms with Gasteiger partial charge in [0.2, 0.25) is 0 Å². The predicted octanol–water partition coefficient (Wildman–Crippen LogP) is 4.28. The van der Waals surface area contributed by atoms with E-state index in [0.717, 1.165) is 23.4 Å². The molecule has 1 aromatic heterocycles. The number of aryl methyl sites for hydroxylation is 1. The van der Waals surface area contributed by atoms with Crippen molar-refractivity contribution in [1.29, 1.82) is 0 Å². The summed E-state index contributed by atoms with van der Waals surface area (Å²) in [6.07, 6.45) is 3.35. The molecule has 0 spiro atoms. The molecular weight excluding hydrogens is 414 g/mol. The van der Waals surface area contributed by atoms with Crippen molar-refractivity contribution >= 4 is 56.8 Å². The van der Waals surface area contributed by atoms with Gasteiger partial charge in [-0.1, -0.05) is 12.1 Å². The summed E-state index contributed by atoms with van der Waals surface area (Å²) >= 11 is 1.60. The van der Waals surface area contributed by atoms with Gasteiger partial charge in [-0.15, -0.1) is 45.3 Å². The average Bonchev–Trinajstić information content (AvgIpc) is 2.94. The number of thiophene rings is 1. The van der Waals surface area contributed by atoms with Crippen LogP contribution in [0.15, 0.2) is 40.7 Å². The molecule has 4 N–H and O–H groups in total. The van der Waals surface area contributed by atoms with Gasteiger partial charge in [-0.3, -0.25) is 0 Å². The summed E-state index contributed by atoms with van der Waals surface area (Å²) < 4.78 is 0. The van der Waals surface area contributed by atoms with Crippen LogP contribution in [-0.4, -0.2) is 5.84 Å². The van der Waals surface area contributed by atoms with E-state index in [1.54, 1.807) is 11.3 Å². The van der Waals surface area contributed by atoms with Crippen LogP contribution in [0.2, 0.25) is 0 Å². The van der Waals surface area contributed by atoms with Gasteiger partial charge < -0.3 is 11.5 Å². The molecule has 21 heavy (non-hydrogen) atoms. The summed E-state index contributed by atoms with van der Waals surface area (Å²) in [7, 11) is 0. The number of rotatable bonds is 2. The van der Waals surface area contributed by atoms with Gasteiger partial charge in [-0.05, 0) is 54.0 Å². The van der Waals surface area contributed by atoms with Crippen LogP contribution < -0.4 is 11.5 Å². The van der Waals surface area contributed by atoms with E-state index in [4.69, 9.17) is 11.5 Å². The zero-order valence-electron chi connectivity index (χ0n) is 11.5. The van der Waals surface area contributed by atoms with Crippen molar-refractivity contribution in [2.45, 2.75) is 25.3 Å². The summed E-state index contributed by atoms with van der Waals surface area (Å²) in [5.74, 6) is 0.569. The number of nitrogens with zero attached hydrogens (tertiary/aromatic N) is 1. The zero-order chi connectivity index (χ0) is 13.2.